The topological polar surface area (TPSA) is 80.2 Å². The summed E-state index contributed by atoms with van der Waals surface area (Å²) < 4.78 is 69.9. The minimum absolute atomic E-state index is 0.00169. The van der Waals surface area contributed by atoms with Gasteiger partial charge in [-0.1, -0.05) is 11.6 Å². The Bertz CT molecular complexity index is 1850. The molecule has 42 heavy (non-hydrogen) atoms. The van der Waals surface area contributed by atoms with Gasteiger partial charge in [0.25, 0.3) is 17.4 Å². The number of halogens is 6. The van der Waals surface area contributed by atoms with Crippen LogP contribution in [-0.2, 0) is 6.18 Å². The number of fused-ring (bicyclic) bond motifs is 1. The molecule has 6 rings (SSSR count). The quantitative estimate of drug-likeness (QED) is 0.245. The highest BCUT2D eigenvalue weighted by atomic mass is 35.5. The molecule has 0 saturated heterocycles. The Hall–Kier alpha value is -4.51. The van der Waals surface area contributed by atoms with Gasteiger partial charge in [0.15, 0.2) is 0 Å². The lowest BCUT2D eigenvalue weighted by Gasteiger charge is -2.19. The smallest absolute Gasteiger partial charge is 0.341 e. The number of carbonyl (C=O) groups is 2. The first-order valence-corrected chi connectivity index (χ1v) is 13.1. The Morgan fingerprint density at radius 2 is 1.69 bits per heavy atom. The second-order valence-corrected chi connectivity index (χ2v) is 10.5. The maximum absolute atomic E-state index is 14.2. The maximum atomic E-state index is 14.2. The predicted molar refractivity (Wildman–Crippen MR) is 144 cm³/mol. The van der Waals surface area contributed by atoms with E-state index in [1.54, 1.807) is 16.8 Å². The third-order valence-electron chi connectivity index (χ3n) is 7.21. The highest BCUT2D eigenvalue weighted by molar-refractivity contribution is 6.31. The highest BCUT2D eigenvalue weighted by Crippen LogP contribution is 2.42. The van der Waals surface area contributed by atoms with Gasteiger partial charge in [-0.3, -0.25) is 14.4 Å². The van der Waals surface area contributed by atoms with Crippen molar-refractivity contribution in [2.75, 3.05) is 5.32 Å². The molecular weight excluding hydrogens is 581 g/mol. The lowest BCUT2D eigenvalue weighted by Crippen LogP contribution is -2.21. The maximum Gasteiger partial charge on any atom is 0.416 e. The molecule has 1 saturated carbocycles. The Kier molecular flexibility index (Phi) is 6.64. The average Bonchev–Trinajstić information content (AvgIpc) is 3.72. The van der Waals surface area contributed by atoms with Crippen molar-refractivity contribution in [3.63, 3.8) is 0 Å². The molecule has 2 aliphatic rings. The van der Waals surface area contributed by atoms with Crippen LogP contribution in [0, 0.1) is 11.6 Å². The molecular formula is C30H19ClF5N3O3. The first-order valence-electron chi connectivity index (χ1n) is 12.7. The standard InChI is InChI=1S/C30H19ClF5N3O3/c31-23-5-2-18(32)12-21(23)27-26-22(29(42)38-27)9-15(14-1-6-25(40)39(13-14)20-3-4-20)10-24(26)37-28(41)16-7-17(30(34,35)36)11-19(33)8-16/h1-2,5-13,20,27H,3-4H2,(H,37,41)(H,38,42). The summed E-state index contributed by atoms with van der Waals surface area (Å²) in [6.07, 6.45) is -1.61. The molecule has 1 aliphatic heterocycles. The molecule has 0 bridgehead atoms. The number of aromatic nitrogens is 1. The summed E-state index contributed by atoms with van der Waals surface area (Å²) in [5.74, 6) is -3.56. The van der Waals surface area contributed by atoms with E-state index in [-0.39, 0.29) is 45.1 Å². The zero-order chi connectivity index (χ0) is 29.9. The van der Waals surface area contributed by atoms with Crippen LogP contribution in [0.5, 0.6) is 0 Å². The number of hydrogen-bond donors (Lipinski definition) is 2. The Balaban J connectivity index is 1.50. The summed E-state index contributed by atoms with van der Waals surface area (Å²) in [5.41, 5.74) is -0.768. The lowest BCUT2D eigenvalue weighted by molar-refractivity contribution is -0.137. The number of amides is 2. The molecule has 0 spiro atoms. The van der Waals surface area contributed by atoms with Crippen LogP contribution in [0.4, 0.5) is 27.6 Å². The van der Waals surface area contributed by atoms with Crippen molar-refractivity contribution in [1.82, 2.24) is 9.88 Å². The van der Waals surface area contributed by atoms with Gasteiger partial charge in [-0.15, -0.1) is 0 Å². The van der Waals surface area contributed by atoms with Crippen molar-refractivity contribution in [1.29, 1.82) is 0 Å². The van der Waals surface area contributed by atoms with Crippen LogP contribution in [0.15, 0.2) is 71.7 Å². The zero-order valence-corrected chi connectivity index (χ0v) is 22.1. The predicted octanol–water partition coefficient (Wildman–Crippen LogP) is 6.89. The molecule has 1 aliphatic carbocycles. The van der Waals surface area contributed by atoms with Gasteiger partial charge in [-0.2, -0.15) is 13.2 Å². The van der Waals surface area contributed by atoms with Gasteiger partial charge in [-0.05, 0) is 78.6 Å². The molecule has 6 nitrogen and oxygen atoms in total. The zero-order valence-electron chi connectivity index (χ0n) is 21.4. The first kappa shape index (κ1) is 27.6. The van der Waals surface area contributed by atoms with E-state index in [1.807, 2.05) is 0 Å². The van der Waals surface area contributed by atoms with E-state index in [0.717, 1.165) is 25.0 Å². The van der Waals surface area contributed by atoms with Gasteiger partial charge >= 0.3 is 6.18 Å². The molecule has 1 fully saturated rings. The van der Waals surface area contributed by atoms with E-state index in [4.69, 9.17) is 11.6 Å². The van der Waals surface area contributed by atoms with Gasteiger partial charge in [0.2, 0.25) is 0 Å². The molecule has 1 unspecified atom stereocenters. The minimum atomic E-state index is -4.90. The van der Waals surface area contributed by atoms with E-state index in [9.17, 15) is 36.3 Å². The van der Waals surface area contributed by atoms with Crippen molar-refractivity contribution in [3.8, 4) is 11.1 Å². The van der Waals surface area contributed by atoms with Gasteiger partial charge < -0.3 is 15.2 Å². The van der Waals surface area contributed by atoms with Gasteiger partial charge in [0.05, 0.1) is 11.6 Å². The summed E-state index contributed by atoms with van der Waals surface area (Å²) in [5, 5.41) is 5.35. The van der Waals surface area contributed by atoms with Crippen molar-refractivity contribution < 1.29 is 31.5 Å². The number of anilines is 1. The van der Waals surface area contributed by atoms with Crippen LogP contribution >= 0.6 is 11.6 Å². The molecule has 0 radical (unpaired) electrons. The van der Waals surface area contributed by atoms with E-state index in [0.29, 0.717) is 23.3 Å². The van der Waals surface area contributed by atoms with Crippen molar-refractivity contribution in [2.24, 2.45) is 0 Å². The number of nitrogens with one attached hydrogen (secondary N) is 2. The summed E-state index contributed by atoms with van der Waals surface area (Å²) in [7, 11) is 0. The molecule has 214 valence electrons. The second kappa shape index (κ2) is 10.1. The van der Waals surface area contributed by atoms with Crippen LogP contribution in [0.25, 0.3) is 11.1 Å². The lowest BCUT2D eigenvalue weighted by atomic mass is 9.93. The van der Waals surface area contributed by atoms with Crippen LogP contribution in [0.3, 0.4) is 0 Å². The third kappa shape index (κ3) is 5.16. The molecule has 12 heteroatoms. The number of alkyl halides is 3. The molecule has 2 N–H and O–H groups in total. The molecule has 2 heterocycles. The SMILES string of the molecule is O=C(Nc1cc(-c2ccc(=O)n(C3CC3)c2)cc2c1C(c1cc(F)ccc1Cl)NC2=O)c1cc(F)cc(C(F)(F)F)c1. The summed E-state index contributed by atoms with van der Waals surface area (Å²) >= 11 is 6.33. The molecule has 2 amide bonds. The number of carbonyl (C=O) groups excluding carboxylic acids is 2. The van der Waals surface area contributed by atoms with Crippen LogP contribution in [0.2, 0.25) is 5.02 Å². The van der Waals surface area contributed by atoms with E-state index >= 15 is 0 Å². The normalized spacial score (nSPS) is 16.2. The van der Waals surface area contributed by atoms with Crippen LogP contribution < -0.4 is 16.2 Å². The van der Waals surface area contributed by atoms with Crippen molar-refractivity contribution in [2.45, 2.75) is 31.1 Å². The highest BCUT2D eigenvalue weighted by Gasteiger charge is 2.36. The third-order valence-corrected chi connectivity index (χ3v) is 7.55. The van der Waals surface area contributed by atoms with Crippen LogP contribution in [-0.4, -0.2) is 16.4 Å². The van der Waals surface area contributed by atoms with Gasteiger partial charge in [0.1, 0.15) is 11.6 Å². The Morgan fingerprint density at radius 1 is 0.929 bits per heavy atom. The minimum Gasteiger partial charge on any atom is -0.341 e. The average molecular weight is 600 g/mol. The van der Waals surface area contributed by atoms with E-state index < -0.39 is 46.8 Å². The van der Waals surface area contributed by atoms with Crippen molar-refractivity contribution in [3.05, 3.63) is 122 Å². The fraction of sp³-hybridized carbons (Fsp3) is 0.167. The summed E-state index contributed by atoms with van der Waals surface area (Å²) in [4.78, 5) is 38.8. The van der Waals surface area contributed by atoms with E-state index in [1.165, 1.54) is 24.3 Å². The molecule has 4 aromatic rings. The summed E-state index contributed by atoms with van der Waals surface area (Å²) in [6.45, 7) is 0. The largest absolute Gasteiger partial charge is 0.416 e. The molecule has 1 aromatic heterocycles. The van der Waals surface area contributed by atoms with Gasteiger partial charge in [0, 0.05) is 51.3 Å². The van der Waals surface area contributed by atoms with Gasteiger partial charge in [-0.25, -0.2) is 8.78 Å². The number of rotatable bonds is 5. The monoisotopic (exact) mass is 599 g/mol. The Morgan fingerprint density at radius 3 is 2.40 bits per heavy atom. The van der Waals surface area contributed by atoms with Crippen LogP contribution in [0.1, 0.15) is 62.3 Å². The second-order valence-electron chi connectivity index (χ2n) is 10.1. The number of hydrogen-bond acceptors (Lipinski definition) is 3. The summed E-state index contributed by atoms with van der Waals surface area (Å²) in [6, 6.07) is 9.95. The van der Waals surface area contributed by atoms with Crippen molar-refractivity contribution >= 4 is 29.1 Å². The molecule has 3 aromatic carbocycles. The fourth-order valence-electron chi connectivity index (χ4n) is 5.06. The van der Waals surface area contributed by atoms with E-state index in [2.05, 4.69) is 10.6 Å². The number of benzene rings is 3. The Labute approximate surface area is 239 Å². The fourth-order valence-corrected chi connectivity index (χ4v) is 5.29. The number of pyridine rings is 1. The number of nitrogens with zero attached hydrogens (tertiary/aromatic N) is 1. The first-order chi connectivity index (χ1) is 19.9. The molecule has 1 atom stereocenters.